The third-order valence-corrected chi connectivity index (χ3v) is 2.18. The molecule has 1 rings (SSSR count). The number of halogens is 1. The first-order valence-corrected chi connectivity index (χ1v) is 5.32. The van der Waals surface area contributed by atoms with Gasteiger partial charge in [-0.15, -0.1) is 11.6 Å². The number of hydrogen-bond acceptors (Lipinski definition) is 3. The van der Waals surface area contributed by atoms with Crippen LogP contribution in [0.15, 0.2) is 18.2 Å². The van der Waals surface area contributed by atoms with Gasteiger partial charge in [0, 0.05) is 24.1 Å². The van der Waals surface area contributed by atoms with Crippen LogP contribution in [-0.2, 0) is 4.79 Å². The molecule has 1 N–H and O–H groups in total. The van der Waals surface area contributed by atoms with Gasteiger partial charge in [0.05, 0.1) is 14.2 Å². The van der Waals surface area contributed by atoms with E-state index in [1.54, 1.807) is 32.4 Å². The van der Waals surface area contributed by atoms with E-state index in [1.165, 1.54) is 0 Å². The van der Waals surface area contributed by atoms with E-state index in [9.17, 15) is 4.79 Å². The minimum absolute atomic E-state index is 0.123. The summed E-state index contributed by atoms with van der Waals surface area (Å²) in [5.74, 6) is 1.38. The van der Waals surface area contributed by atoms with Crippen molar-refractivity contribution in [1.82, 2.24) is 0 Å². The van der Waals surface area contributed by atoms with Crippen molar-refractivity contribution in [2.75, 3.05) is 25.4 Å². The zero-order valence-corrected chi connectivity index (χ0v) is 10.0. The molecule has 1 aromatic carbocycles. The van der Waals surface area contributed by atoms with E-state index < -0.39 is 0 Å². The van der Waals surface area contributed by atoms with Crippen LogP contribution in [0, 0.1) is 0 Å². The minimum Gasteiger partial charge on any atom is -0.493 e. The topological polar surface area (TPSA) is 47.6 Å². The van der Waals surface area contributed by atoms with E-state index in [1.807, 2.05) is 0 Å². The lowest BCUT2D eigenvalue weighted by Gasteiger charge is -2.10. The molecule has 88 valence electrons. The highest BCUT2D eigenvalue weighted by Gasteiger charge is 2.06. The molecular weight excluding hydrogens is 230 g/mol. The number of amides is 1. The number of ether oxygens (including phenoxy) is 2. The second-order valence-electron chi connectivity index (χ2n) is 3.06. The molecule has 0 spiro atoms. The number of carbonyl (C=O) groups is 1. The van der Waals surface area contributed by atoms with Crippen LogP contribution in [0.4, 0.5) is 5.69 Å². The molecule has 0 aromatic heterocycles. The van der Waals surface area contributed by atoms with Crippen LogP contribution in [0.25, 0.3) is 0 Å². The predicted molar refractivity (Wildman–Crippen MR) is 63.5 cm³/mol. The summed E-state index contributed by atoms with van der Waals surface area (Å²) in [5, 5.41) is 2.71. The summed E-state index contributed by atoms with van der Waals surface area (Å²) in [6, 6.07) is 5.17. The highest BCUT2D eigenvalue weighted by molar-refractivity contribution is 6.19. The van der Waals surface area contributed by atoms with Crippen molar-refractivity contribution in [1.29, 1.82) is 0 Å². The quantitative estimate of drug-likeness (QED) is 0.807. The molecule has 1 amide bonds. The van der Waals surface area contributed by atoms with Crippen LogP contribution in [0.1, 0.15) is 6.42 Å². The third-order valence-electron chi connectivity index (χ3n) is 1.99. The Morgan fingerprint density at radius 3 is 2.56 bits per heavy atom. The molecular formula is C11H14ClNO3. The van der Waals surface area contributed by atoms with E-state index in [-0.39, 0.29) is 12.3 Å². The highest BCUT2D eigenvalue weighted by Crippen LogP contribution is 2.29. The van der Waals surface area contributed by atoms with Crippen molar-refractivity contribution in [3.8, 4) is 11.5 Å². The molecule has 0 radical (unpaired) electrons. The van der Waals surface area contributed by atoms with Gasteiger partial charge in [0.1, 0.15) is 0 Å². The molecule has 0 aliphatic carbocycles. The van der Waals surface area contributed by atoms with Gasteiger partial charge in [-0.05, 0) is 12.1 Å². The van der Waals surface area contributed by atoms with Crippen molar-refractivity contribution in [3.05, 3.63) is 18.2 Å². The van der Waals surface area contributed by atoms with Crippen molar-refractivity contribution < 1.29 is 14.3 Å². The minimum atomic E-state index is -0.123. The molecule has 0 saturated heterocycles. The average molecular weight is 244 g/mol. The Morgan fingerprint density at radius 2 is 2.00 bits per heavy atom. The highest BCUT2D eigenvalue weighted by atomic mass is 35.5. The molecule has 5 heteroatoms. The molecule has 16 heavy (non-hydrogen) atoms. The van der Waals surface area contributed by atoms with E-state index >= 15 is 0 Å². The van der Waals surface area contributed by atoms with Gasteiger partial charge in [-0.2, -0.15) is 0 Å². The summed E-state index contributed by atoms with van der Waals surface area (Å²) < 4.78 is 10.2. The molecule has 0 unspecified atom stereocenters. The largest absolute Gasteiger partial charge is 0.493 e. The Balaban J connectivity index is 2.78. The second kappa shape index (κ2) is 6.23. The van der Waals surface area contributed by atoms with Gasteiger partial charge in [0.2, 0.25) is 5.91 Å². The summed E-state index contributed by atoms with van der Waals surface area (Å²) in [5.41, 5.74) is 0.660. The lowest BCUT2D eigenvalue weighted by molar-refractivity contribution is -0.115. The number of carbonyl (C=O) groups excluding carboxylic acids is 1. The van der Waals surface area contributed by atoms with Crippen molar-refractivity contribution >= 4 is 23.2 Å². The zero-order chi connectivity index (χ0) is 12.0. The molecule has 0 heterocycles. The Bertz CT molecular complexity index is 368. The Morgan fingerprint density at radius 1 is 1.31 bits per heavy atom. The van der Waals surface area contributed by atoms with Crippen molar-refractivity contribution in [2.45, 2.75) is 6.42 Å². The zero-order valence-electron chi connectivity index (χ0n) is 9.25. The van der Waals surface area contributed by atoms with Gasteiger partial charge in [-0.25, -0.2) is 0 Å². The fraction of sp³-hybridized carbons (Fsp3) is 0.364. The molecule has 0 saturated carbocycles. The molecule has 0 fully saturated rings. The lowest BCUT2D eigenvalue weighted by atomic mass is 10.2. The van der Waals surface area contributed by atoms with Gasteiger partial charge in [0.25, 0.3) is 0 Å². The van der Waals surface area contributed by atoms with Crippen LogP contribution in [0.5, 0.6) is 11.5 Å². The first kappa shape index (κ1) is 12.6. The second-order valence-corrected chi connectivity index (χ2v) is 3.43. The maximum Gasteiger partial charge on any atom is 0.225 e. The van der Waals surface area contributed by atoms with Gasteiger partial charge in [-0.1, -0.05) is 0 Å². The van der Waals surface area contributed by atoms with E-state index in [0.29, 0.717) is 23.1 Å². The first-order valence-electron chi connectivity index (χ1n) is 4.79. The maximum absolute atomic E-state index is 11.3. The van der Waals surface area contributed by atoms with E-state index in [2.05, 4.69) is 5.32 Å². The summed E-state index contributed by atoms with van der Waals surface area (Å²) in [7, 11) is 3.10. The Hall–Kier alpha value is -1.42. The lowest BCUT2D eigenvalue weighted by Crippen LogP contribution is -2.11. The number of benzene rings is 1. The molecule has 1 aromatic rings. The Kier molecular flexibility index (Phi) is 4.92. The van der Waals surface area contributed by atoms with Gasteiger partial charge in [-0.3, -0.25) is 4.79 Å². The fourth-order valence-electron chi connectivity index (χ4n) is 1.22. The van der Waals surface area contributed by atoms with Crippen LogP contribution in [-0.4, -0.2) is 26.0 Å². The summed E-state index contributed by atoms with van der Waals surface area (Å²) >= 11 is 5.46. The predicted octanol–water partition coefficient (Wildman–Crippen LogP) is 2.27. The molecule has 0 atom stereocenters. The van der Waals surface area contributed by atoms with Crippen molar-refractivity contribution in [2.24, 2.45) is 0 Å². The summed E-state index contributed by atoms with van der Waals surface area (Å²) in [6.07, 6.45) is 0.288. The monoisotopic (exact) mass is 243 g/mol. The van der Waals surface area contributed by atoms with Crippen LogP contribution < -0.4 is 14.8 Å². The smallest absolute Gasteiger partial charge is 0.225 e. The van der Waals surface area contributed by atoms with Gasteiger partial charge >= 0.3 is 0 Å². The summed E-state index contributed by atoms with van der Waals surface area (Å²) in [4.78, 5) is 11.3. The van der Waals surface area contributed by atoms with E-state index in [4.69, 9.17) is 21.1 Å². The van der Waals surface area contributed by atoms with Gasteiger partial charge < -0.3 is 14.8 Å². The summed E-state index contributed by atoms with van der Waals surface area (Å²) in [6.45, 7) is 0. The standard InChI is InChI=1S/C11H14ClNO3/c1-15-9-4-3-8(7-10(9)16-2)13-11(14)5-6-12/h3-4,7H,5-6H2,1-2H3,(H,13,14). The van der Waals surface area contributed by atoms with Crippen LogP contribution in [0.3, 0.4) is 0 Å². The maximum atomic E-state index is 11.3. The Labute approximate surface area is 99.5 Å². The number of nitrogens with one attached hydrogen (secondary N) is 1. The normalized spacial score (nSPS) is 9.69. The van der Waals surface area contributed by atoms with Crippen LogP contribution >= 0.6 is 11.6 Å². The van der Waals surface area contributed by atoms with Crippen molar-refractivity contribution in [3.63, 3.8) is 0 Å². The molecule has 0 aliphatic rings. The molecule has 4 nitrogen and oxygen atoms in total. The third kappa shape index (κ3) is 3.31. The number of rotatable bonds is 5. The number of hydrogen-bond donors (Lipinski definition) is 1. The van der Waals surface area contributed by atoms with E-state index in [0.717, 1.165) is 0 Å². The fourth-order valence-corrected chi connectivity index (χ4v) is 1.39. The molecule has 0 aliphatic heterocycles. The average Bonchev–Trinajstić information content (AvgIpc) is 2.29. The van der Waals surface area contributed by atoms with Crippen LogP contribution in [0.2, 0.25) is 0 Å². The number of methoxy groups -OCH3 is 2. The first-order chi connectivity index (χ1) is 7.71. The van der Waals surface area contributed by atoms with Gasteiger partial charge in [0.15, 0.2) is 11.5 Å². The number of anilines is 1. The SMILES string of the molecule is COc1ccc(NC(=O)CCCl)cc1OC. The number of alkyl halides is 1. The molecule has 0 bridgehead atoms.